The molecule has 2 unspecified atom stereocenters. The summed E-state index contributed by atoms with van der Waals surface area (Å²) in [5.41, 5.74) is 0. The molecule has 1 saturated carbocycles. The highest BCUT2D eigenvalue weighted by molar-refractivity contribution is 7.86. The molecule has 0 aliphatic heterocycles. The molecular weight excluding hydrogens is 183 g/mol. The largest absolute Gasteiger partial charge is 0.267 e. The fourth-order valence-electron chi connectivity index (χ4n) is 1.42. The topological polar surface area (TPSA) is 43.4 Å². The summed E-state index contributed by atoms with van der Waals surface area (Å²) in [5.74, 6) is 0. The Kier molecular flexibility index (Phi) is 3.06. The Morgan fingerprint density at radius 1 is 1.42 bits per heavy atom. The second kappa shape index (κ2) is 3.70. The van der Waals surface area contributed by atoms with Crippen molar-refractivity contribution in [3.63, 3.8) is 0 Å². The first-order valence-corrected chi connectivity index (χ1v) is 5.81. The first kappa shape index (κ1) is 9.92. The lowest BCUT2D eigenvalue weighted by molar-refractivity contribution is 0.109. The van der Waals surface area contributed by atoms with Crippen molar-refractivity contribution in [3.05, 3.63) is 0 Å². The number of alkyl halides is 1. The van der Waals surface area contributed by atoms with Crippen LogP contribution >= 0.6 is 0 Å². The van der Waals surface area contributed by atoms with Crippen LogP contribution in [0.1, 0.15) is 25.7 Å². The molecule has 2 atom stereocenters. The van der Waals surface area contributed by atoms with Crippen molar-refractivity contribution >= 4 is 10.1 Å². The first-order chi connectivity index (χ1) is 5.47. The minimum absolute atomic E-state index is 0.215. The van der Waals surface area contributed by atoms with Crippen LogP contribution in [-0.2, 0) is 14.3 Å². The molecule has 0 spiro atoms. The minimum Gasteiger partial charge on any atom is -0.267 e. The second-order valence-corrected chi connectivity index (χ2v) is 4.79. The third kappa shape index (κ3) is 3.49. The number of hydrogen-bond donors (Lipinski definition) is 0. The van der Waals surface area contributed by atoms with Gasteiger partial charge in [0.05, 0.1) is 12.4 Å². The maximum Gasteiger partial charge on any atom is 0.264 e. The van der Waals surface area contributed by atoms with Crippen LogP contribution in [-0.4, -0.2) is 26.9 Å². The molecule has 0 heterocycles. The highest BCUT2D eigenvalue weighted by atomic mass is 32.2. The summed E-state index contributed by atoms with van der Waals surface area (Å²) in [7, 11) is -3.41. The molecule has 5 heteroatoms. The average Bonchev–Trinajstić information content (AvgIpc) is 1.82. The van der Waals surface area contributed by atoms with Crippen molar-refractivity contribution in [1.82, 2.24) is 0 Å². The fourth-order valence-corrected chi connectivity index (χ4v) is 2.09. The monoisotopic (exact) mass is 196 g/mol. The van der Waals surface area contributed by atoms with Gasteiger partial charge in [0, 0.05) is 6.42 Å². The highest BCUT2D eigenvalue weighted by Crippen LogP contribution is 2.24. The van der Waals surface area contributed by atoms with Gasteiger partial charge in [-0.05, 0) is 19.3 Å². The molecule has 1 aliphatic carbocycles. The molecular formula is C7H13FO3S. The van der Waals surface area contributed by atoms with Crippen molar-refractivity contribution in [2.24, 2.45) is 0 Å². The Balaban J connectivity index is 2.43. The zero-order valence-corrected chi connectivity index (χ0v) is 7.81. The molecule has 0 N–H and O–H groups in total. The summed E-state index contributed by atoms with van der Waals surface area (Å²) in [6.07, 6.45) is 1.76. The summed E-state index contributed by atoms with van der Waals surface area (Å²) in [4.78, 5) is 0. The lowest BCUT2D eigenvalue weighted by Crippen LogP contribution is -2.25. The van der Waals surface area contributed by atoms with Crippen molar-refractivity contribution in [2.75, 3.05) is 6.26 Å². The second-order valence-electron chi connectivity index (χ2n) is 3.19. The van der Waals surface area contributed by atoms with Gasteiger partial charge in [-0.2, -0.15) is 8.42 Å². The summed E-state index contributed by atoms with van der Waals surface area (Å²) < 4.78 is 38.7. The van der Waals surface area contributed by atoms with Crippen molar-refractivity contribution in [3.8, 4) is 0 Å². The zero-order chi connectivity index (χ0) is 9.19. The molecule has 0 aromatic carbocycles. The van der Waals surface area contributed by atoms with Crippen LogP contribution in [0.4, 0.5) is 4.39 Å². The Morgan fingerprint density at radius 2 is 2.08 bits per heavy atom. The SMILES string of the molecule is CS(=O)(=O)OC1CCCC(F)C1. The predicted octanol–water partition coefficient (Wildman–Crippen LogP) is 1.24. The first-order valence-electron chi connectivity index (χ1n) is 4.00. The molecule has 0 aromatic heterocycles. The standard InChI is InChI=1S/C7H13FO3S/c1-12(9,10)11-7-4-2-3-6(8)5-7/h6-7H,2-5H2,1H3. The van der Waals surface area contributed by atoms with Crippen molar-refractivity contribution < 1.29 is 17.0 Å². The fraction of sp³-hybridized carbons (Fsp3) is 1.00. The van der Waals surface area contributed by atoms with Gasteiger partial charge in [-0.3, -0.25) is 4.18 Å². The Morgan fingerprint density at radius 3 is 2.58 bits per heavy atom. The summed E-state index contributed by atoms with van der Waals surface area (Å²) in [5, 5.41) is 0. The van der Waals surface area contributed by atoms with Gasteiger partial charge in [-0.25, -0.2) is 4.39 Å². The van der Waals surface area contributed by atoms with Gasteiger partial charge >= 0.3 is 0 Å². The zero-order valence-electron chi connectivity index (χ0n) is 6.99. The van der Waals surface area contributed by atoms with Gasteiger partial charge in [0.2, 0.25) is 0 Å². The predicted molar refractivity (Wildman–Crippen MR) is 43.1 cm³/mol. The average molecular weight is 196 g/mol. The Labute approximate surface area is 72.0 Å². The highest BCUT2D eigenvalue weighted by Gasteiger charge is 2.24. The Hall–Kier alpha value is -0.160. The van der Waals surface area contributed by atoms with E-state index in [0.29, 0.717) is 19.3 Å². The van der Waals surface area contributed by atoms with Gasteiger partial charge in [0.1, 0.15) is 6.17 Å². The normalized spacial score (nSPS) is 31.8. The maximum absolute atomic E-state index is 12.7. The van der Waals surface area contributed by atoms with Gasteiger partial charge in [-0.1, -0.05) is 0 Å². The number of rotatable bonds is 2. The Bertz CT molecular complexity index is 237. The van der Waals surface area contributed by atoms with Gasteiger partial charge in [-0.15, -0.1) is 0 Å². The quantitative estimate of drug-likeness (QED) is 0.624. The molecule has 1 rings (SSSR count). The lowest BCUT2D eigenvalue weighted by Gasteiger charge is -2.23. The molecule has 3 nitrogen and oxygen atoms in total. The van der Waals surface area contributed by atoms with Crippen LogP contribution < -0.4 is 0 Å². The van der Waals surface area contributed by atoms with Crippen LogP contribution in [0, 0.1) is 0 Å². The van der Waals surface area contributed by atoms with Crippen LogP contribution in [0.25, 0.3) is 0 Å². The van der Waals surface area contributed by atoms with Crippen molar-refractivity contribution in [1.29, 1.82) is 0 Å². The third-order valence-corrected chi connectivity index (χ3v) is 2.49. The van der Waals surface area contributed by atoms with E-state index in [9.17, 15) is 12.8 Å². The van der Waals surface area contributed by atoms with Crippen LogP contribution in [0.3, 0.4) is 0 Å². The van der Waals surface area contributed by atoms with E-state index in [1.54, 1.807) is 0 Å². The lowest BCUT2D eigenvalue weighted by atomic mass is 9.96. The van der Waals surface area contributed by atoms with E-state index in [1.165, 1.54) is 0 Å². The molecule has 1 fully saturated rings. The molecule has 0 bridgehead atoms. The van der Waals surface area contributed by atoms with E-state index in [0.717, 1.165) is 6.26 Å². The van der Waals surface area contributed by atoms with Crippen LogP contribution in [0.2, 0.25) is 0 Å². The van der Waals surface area contributed by atoms with E-state index in [2.05, 4.69) is 4.18 Å². The smallest absolute Gasteiger partial charge is 0.264 e. The van der Waals surface area contributed by atoms with E-state index in [4.69, 9.17) is 0 Å². The van der Waals surface area contributed by atoms with Crippen LogP contribution in [0.15, 0.2) is 0 Å². The van der Waals surface area contributed by atoms with Crippen LogP contribution in [0.5, 0.6) is 0 Å². The number of halogens is 1. The van der Waals surface area contributed by atoms with E-state index in [-0.39, 0.29) is 6.42 Å². The third-order valence-electron chi connectivity index (χ3n) is 1.87. The maximum atomic E-state index is 12.7. The van der Waals surface area contributed by atoms with Gasteiger partial charge in [0.15, 0.2) is 0 Å². The molecule has 1 aliphatic rings. The number of hydrogen-bond acceptors (Lipinski definition) is 3. The van der Waals surface area contributed by atoms with E-state index >= 15 is 0 Å². The van der Waals surface area contributed by atoms with Gasteiger partial charge < -0.3 is 0 Å². The molecule has 0 aromatic rings. The van der Waals surface area contributed by atoms with Gasteiger partial charge in [0.25, 0.3) is 10.1 Å². The van der Waals surface area contributed by atoms with Crippen molar-refractivity contribution in [2.45, 2.75) is 38.0 Å². The molecule has 0 saturated heterocycles. The summed E-state index contributed by atoms with van der Waals surface area (Å²) in [6, 6.07) is 0. The summed E-state index contributed by atoms with van der Waals surface area (Å²) in [6.45, 7) is 0. The van der Waals surface area contributed by atoms with E-state index in [1.807, 2.05) is 0 Å². The van der Waals surface area contributed by atoms with E-state index < -0.39 is 22.4 Å². The molecule has 12 heavy (non-hydrogen) atoms. The molecule has 0 amide bonds. The molecule has 72 valence electrons. The minimum atomic E-state index is -3.41. The molecule has 0 radical (unpaired) electrons. The summed E-state index contributed by atoms with van der Waals surface area (Å²) >= 11 is 0.